The first-order chi connectivity index (χ1) is 12.1. The van der Waals surface area contributed by atoms with Crippen LogP contribution < -0.4 is 4.90 Å². The van der Waals surface area contributed by atoms with Gasteiger partial charge in [-0.15, -0.1) is 0 Å². The van der Waals surface area contributed by atoms with Crippen molar-refractivity contribution < 1.29 is 9.59 Å². The molecule has 4 rings (SSSR count). The van der Waals surface area contributed by atoms with E-state index in [0.29, 0.717) is 31.3 Å². The number of carbonyl (C=O) groups excluding carboxylic acids is 2. The lowest BCUT2D eigenvalue weighted by Gasteiger charge is -2.39. The summed E-state index contributed by atoms with van der Waals surface area (Å²) in [5.41, 5.74) is 1.78. The molecule has 0 radical (unpaired) electrons. The maximum absolute atomic E-state index is 13.0. The van der Waals surface area contributed by atoms with E-state index in [4.69, 9.17) is 0 Å². The fourth-order valence-corrected chi connectivity index (χ4v) is 5.10. The molecule has 0 aromatic heterocycles. The highest BCUT2D eigenvalue weighted by atomic mass is 16.2. The molecule has 1 saturated carbocycles. The molecule has 1 aromatic rings. The van der Waals surface area contributed by atoms with E-state index in [1.165, 1.54) is 32.1 Å². The number of piperidine rings is 1. The van der Waals surface area contributed by atoms with Crippen molar-refractivity contribution in [2.75, 3.05) is 25.0 Å². The minimum atomic E-state index is -0.410. The number of amides is 2. The molecule has 3 aliphatic rings. The van der Waals surface area contributed by atoms with Crippen LogP contribution in [0.15, 0.2) is 24.3 Å². The number of fused-ring (bicyclic) bond motifs is 2. The Morgan fingerprint density at radius 2 is 1.80 bits per heavy atom. The molecule has 1 saturated heterocycles. The lowest BCUT2D eigenvalue weighted by atomic mass is 9.73. The van der Waals surface area contributed by atoms with Gasteiger partial charge in [-0.1, -0.05) is 37.5 Å². The van der Waals surface area contributed by atoms with Crippen LogP contribution in [-0.4, -0.2) is 36.9 Å². The van der Waals surface area contributed by atoms with Crippen LogP contribution in [0.25, 0.3) is 0 Å². The topological polar surface area (TPSA) is 40.6 Å². The highest BCUT2D eigenvalue weighted by Crippen LogP contribution is 2.47. The maximum Gasteiger partial charge on any atom is 0.237 e. The van der Waals surface area contributed by atoms with Crippen molar-refractivity contribution in [3.05, 3.63) is 29.8 Å². The zero-order valence-electron chi connectivity index (χ0n) is 15.2. The van der Waals surface area contributed by atoms with Gasteiger partial charge in [0.1, 0.15) is 0 Å². The largest absolute Gasteiger partial charge is 0.343 e. The van der Waals surface area contributed by atoms with Gasteiger partial charge in [0.05, 0.1) is 5.41 Å². The number of likely N-dealkylation sites (N-methyl/N-ethyl adjacent to an activating group) is 1. The SMILES string of the molecule is CN1C(=O)C2(CCN(C(=O)CC3CCCCC3)CC2)c2ccccc21. The molecule has 0 N–H and O–H groups in total. The number of hydrogen-bond donors (Lipinski definition) is 0. The van der Waals surface area contributed by atoms with Crippen LogP contribution in [0, 0.1) is 5.92 Å². The van der Waals surface area contributed by atoms with Gasteiger partial charge in [-0.3, -0.25) is 9.59 Å². The Balaban J connectivity index is 1.44. The second kappa shape index (κ2) is 6.47. The van der Waals surface area contributed by atoms with Gasteiger partial charge in [0.2, 0.25) is 11.8 Å². The highest BCUT2D eigenvalue weighted by Gasteiger charge is 2.51. The number of benzene rings is 1. The minimum absolute atomic E-state index is 0.202. The van der Waals surface area contributed by atoms with Gasteiger partial charge in [-0.25, -0.2) is 0 Å². The average Bonchev–Trinajstić information content (AvgIpc) is 2.86. The van der Waals surface area contributed by atoms with Crippen LogP contribution in [0.5, 0.6) is 0 Å². The van der Waals surface area contributed by atoms with Crippen molar-refractivity contribution in [1.29, 1.82) is 0 Å². The first-order valence-corrected chi connectivity index (χ1v) is 9.77. The molecule has 25 heavy (non-hydrogen) atoms. The third-order valence-corrected chi connectivity index (χ3v) is 6.65. The Bertz CT molecular complexity index is 670. The summed E-state index contributed by atoms with van der Waals surface area (Å²) in [5.74, 6) is 1.08. The Labute approximate surface area is 150 Å². The van der Waals surface area contributed by atoms with Gasteiger partial charge in [-0.05, 0) is 43.2 Å². The molecule has 1 spiro atoms. The first kappa shape index (κ1) is 16.6. The van der Waals surface area contributed by atoms with Gasteiger partial charge in [-0.2, -0.15) is 0 Å². The quantitative estimate of drug-likeness (QED) is 0.827. The lowest BCUT2D eigenvalue weighted by molar-refractivity contribution is -0.136. The normalized spacial score (nSPS) is 23.2. The molecule has 1 aromatic carbocycles. The van der Waals surface area contributed by atoms with E-state index in [1.54, 1.807) is 4.90 Å². The number of anilines is 1. The van der Waals surface area contributed by atoms with Crippen molar-refractivity contribution in [1.82, 2.24) is 4.90 Å². The Kier molecular flexibility index (Phi) is 4.30. The summed E-state index contributed by atoms with van der Waals surface area (Å²) in [7, 11) is 1.87. The van der Waals surface area contributed by atoms with Gasteiger partial charge >= 0.3 is 0 Å². The van der Waals surface area contributed by atoms with Crippen LogP contribution in [0.3, 0.4) is 0 Å². The zero-order chi connectivity index (χ0) is 17.4. The van der Waals surface area contributed by atoms with Crippen molar-refractivity contribution in [3.8, 4) is 0 Å². The van der Waals surface area contributed by atoms with E-state index in [0.717, 1.165) is 24.1 Å². The number of likely N-dealkylation sites (tertiary alicyclic amines) is 1. The Morgan fingerprint density at radius 3 is 2.52 bits per heavy atom. The molecular formula is C21H28N2O2. The van der Waals surface area contributed by atoms with Crippen LogP contribution in [0.1, 0.15) is 56.9 Å². The molecule has 2 amide bonds. The molecule has 2 aliphatic heterocycles. The molecule has 0 atom stereocenters. The van der Waals surface area contributed by atoms with E-state index in [2.05, 4.69) is 6.07 Å². The zero-order valence-corrected chi connectivity index (χ0v) is 15.2. The molecule has 134 valence electrons. The standard InChI is InChI=1S/C21H28N2O2/c1-22-18-10-6-5-9-17(18)21(20(22)25)11-13-23(14-12-21)19(24)15-16-7-3-2-4-8-16/h5-6,9-10,16H,2-4,7-8,11-15H2,1H3. The first-order valence-electron chi connectivity index (χ1n) is 9.77. The summed E-state index contributed by atoms with van der Waals surface area (Å²) in [6.45, 7) is 1.42. The van der Waals surface area contributed by atoms with E-state index in [1.807, 2.05) is 30.1 Å². The van der Waals surface area contributed by atoms with Crippen LogP contribution >= 0.6 is 0 Å². The van der Waals surface area contributed by atoms with Crippen LogP contribution in [-0.2, 0) is 15.0 Å². The fraction of sp³-hybridized carbons (Fsp3) is 0.619. The van der Waals surface area contributed by atoms with Gasteiger partial charge in [0.25, 0.3) is 0 Å². The maximum atomic E-state index is 13.0. The monoisotopic (exact) mass is 340 g/mol. The highest BCUT2D eigenvalue weighted by molar-refractivity contribution is 6.07. The molecule has 4 heteroatoms. The summed E-state index contributed by atoms with van der Waals surface area (Å²) >= 11 is 0. The van der Waals surface area contributed by atoms with Crippen molar-refractivity contribution in [2.45, 2.75) is 56.8 Å². The fourth-order valence-electron chi connectivity index (χ4n) is 5.10. The van der Waals surface area contributed by atoms with Crippen molar-refractivity contribution >= 4 is 17.5 Å². The summed E-state index contributed by atoms with van der Waals surface area (Å²) < 4.78 is 0. The Hall–Kier alpha value is -1.84. The lowest BCUT2D eigenvalue weighted by Crippen LogP contribution is -2.49. The molecule has 1 aliphatic carbocycles. The van der Waals surface area contributed by atoms with Gasteiger partial charge in [0.15, 0.2) is 0 Å². The predicted molar refractivity (Wildman–Crippen MR) is 98.5 cm³/mol. The van der Waals surface area contributed by atoms with E-state index in [9.17, 15) is 9.59 Å². The summed E-state index contributed by atoms with van der Waals surface area (Å²) in [4.78, 5) is 29.5. The number of para-hydroxylation sites is 1. The number of carbonyl (C=O) groups is 2. The summed E-state index contributed by atoms with van der Waals surface area (Å²) in [5, 5.41) is 0. The third kappa shape index (κ3) is 2.76. The minimum Gasteiger partial charge on any atom is -0.343 e. The molecule has 2 heterocycles. The smallest absolute Gasteiger partial charge is 0.237 e. The average molecular weight is 340 g/mol. The van der Waals surface area contributed by atoms with Crippen molar-refractivity contribution in [3.63, 3.8) is 0 Å². The van der Waals surface area contributed by atoms with E-state index >= 15 is 0 Å². The number of nitrogens with zero attached hydrogens (tertiary/aromatic N) is 2. The second-order valence-electron chi connectivity index (χ2n) is 8.05. The molecule has 0 unspecified atom stereocenters. The molecular weight excluding hydrogens is 312 g/mol. The van der Waals surface area contributed by atoms with Gasteiger partial charge < -0.3 is 9.80 Å². The van der Waals surface area contributed by atoms with Crippen molar-refractivity contribution in [2.24, 2.45) is 5.92 Å². The van der Waals surface area contributed by atoms with E-state index in [-0.39, 0.29) is 5.91 Å². The summed E-state index contributed by atoms with van der Waals surface area (Å²) in [6.07, 6.45) is 8.51. The third-order valence-electron chi connectivity index (χ3n) is 6.65. The van der Waals surface area contributed by atoms with E-state index < -0.39 is 5.41 Å². The molecule has 0 bridgehead atoms. The summed E-state index contributed by atoms with van der Waals surface area (Å²) in [6, 6.07) is 8.14. The van der Waals surface area contributed by atoms with Gasteiger partial charge in [0, 0.05) is 32.2 Å². The second-order valence-corrected chi connectivity index (χ2v) is 8.05. The predicted octanol–water partition coefficient (Wildman–Crippen LogP) is 3.49. The number of hydrogen-bond acceptors (Lipinski definition) is 2. The Morgan fingerprint density at radius 1 is 1.12 bits per heavy atom. The molecule has 2 fully saturated rings. The van der Waals surface area contributed by atoms with Crippen LogP contribution in [0.4, 0.5) is 5.69 Å². The molecule has 4 nitrogen and oxygen atoms in total. The number of rotatable bonds is 2. The van der Waals surface area contributed by atoms with Crippen LogP contribution in [0.2, 0.25) is 0 Å².